The molecule has 46 heavy (non-hydrogen) atoms. The summed E-state index contributed by atoms with van der Waals surface area (Å²) in [7, 11) is 0. The van der Waals surface area contributed by atoms with Crippen LogP contribution in [0.15, 0.2) is 144 Å². The van der Waals surface area contributed by atoms with E-state index < -0.39 is 0 Å². The maximum absolute atomic E-state index is 6.71. The molecule has 2 aromatic heterocycles. The Morgan fingerprint density at radius 1 is 0.478 bits per heavy atom. The van der Waals surface area contributed by atoms with Crippen LogP contribution in [-0.2, 0) is 5.41 Å². The number of nitrogens with zero attached hydrogens (tertiary/aromatic N) is 3. The Labute approximate surface area is 267 Å². The van der Waals surface area contributed by atoms with Crippen LogP contribution in [0.5, 0.6) is 0 Å². The Balaban J connectivity index is 1.21. The minimum Gasteiger partial charge on any atom is -0.455 e. The fourth-order valence-electron chi connectivity index (χ4n) is 7.15. The largest absolute Gasteiger partial charge is 0.455 e. The number of rotatable bonds is 4. The van der Waals surface area contributed by atoms with Gasteiger partial charge >= 0.3 is 0 Å². The molecule has 0 unspecified atom stereocenters. The maximum Gasteiger partial charge on any atom is 0.164 e. The highest BCUT2D eigenvalue weighted by Gasteiger charge is 2.38. The second-order valence-electron chi connectivity index (χ2n) is 12.4. The average Bonchev–Trinajstić information content (AvgIpc) is 3.61. The van der Waals surface area contributed by atoms with Crippen molar-refractivity contribution < 1.29 is 4.42 Å². The summed E-state index contributed by atoms with van der Waals surface area (Å²) >= 11 is 0. The van der Waals surface area contributed by atoms with E-state index in [4.69, 9.17) is 19.4 Å². The van der Waals surface area contributed by atoms with Crippen molar-refractivity contribution in [3.05, 3.63) is 151 Å². The van der Waals surface area contributed by atoms with Crippen LogP contribution in [0.1, 0.15) is 25.0 Å². The van der Waals surface area contributed by atoms with Gasteiger partial charge in [0.15, 0.2) is 17.5 Å². The van der Waals surface area contributed by atoms with Crippen molar-refractivity contribution in [1.29, 1.82) is 0 Å². The van der Waals surface area contributed by atoms with E-state index in [0.29, 0.717) is 17.5 Å². The number of para-hydroxylation sites is 1. The summed E-state index contributed by atoms with van der Waals surface area (Å²) in [5, 5.41) is 2.33. The molecule has 2 heterocycles. The second kappa shape index (κ2) is 10.1. The molecule has 218 valence electrons. The monoisotopic (exact) mass is 591 g/mol. The molecule has 1 aliphatic carbocycles. The van der Waals surface area contributed by atoms with E-state index in [0.717, 1.165) is 44.4 Å². The summed E-state index contributed by atoms with van der Waals surface area (Å²) in [6, 6.07) is 48.2. The zero-order valence-electron chi connectivity index (χ0n) is 25.5. The minimum atomic E-state index is -0.135. The Morgan fingerprint density at radius 2 is 1.04 bits per heavy atom. The van der Waals surface area contributed by atoms with Crippen LogP contribution in [0, 0.1) is 0 Å². The fourth-order valence-corrected chi connectivity index (χ4v) is 7.15. The molecule has 0 fully saturated rings. The molecule has 0 N–H and O–H groups in total. The molecule has 6 aromatic carbocycles. The maximum atomic E-state index is 6.71. The third-order valence-electron chi connectivity index (χ3n) is 9.31. The summed E-state index contributed by atoms with van der Waals surface area (Å²) in [5.74, 6) is 1.92. The van der Waals surface area contributed by atoms with Crippen LogP contribution in [0.25, 0.3) is 78.4 Å². The second-order valence-corrected chi connectivity index (χ2v) is 12.4. The molecule has 8 aromatic rings. The lowest BCUT2D eigenvalue weighted by Crippen LogP contribution is -2.15. The van der Waals surface area contributed by atoms with Crippen LogP contribution in [0.2, 0.25) is 0 Å². The van der Waals surface area contributed by atoms with Gasteiger partial charge in [-0.25, -0.2) is 15.0 Å². The minimum absolute atomic E-state index is 0.135. The third-order valence-corrected chi connectivity index (χ3v) is 9.31. The number of fused-ring (bicyclic) bond motifs is 7. The lowest BCUT2D eigenvalue weighted by Gasteiger charge is -2.22. The molecule has 0 aliphatic heterocycles. The number of benzene rings is 6. The van der Waals surface area contributed by atoms with Crippen molar-refractivity contribution in [2.45, 2.75) is 19.3 Å². The molecule has 1 aliphatic rings. The van der Waals surface area contributed by atoms with Gasteiger partial charge < -0.3 is 4.42 Å². The molecule has 0 atom stereocenters. The molecular formula is C42H29N3O. The van der Waals surface area contributed by atoms with Crippen LogP contribution < -0.4 is 0 Å². The standard InChI is InChI=1S/C42H29N3O/c1-42(2)34-22-10-9-19-31(34)32-23-24-35-36(37(32)42)33-21-12-20-30(38(33)46-35)28-17-11-18-29(25-28)41-44-39(26-13-5-3-6-14-26)43-40(45-41)27-15-7-4-8-16-27/h3-25H,1-2H3. The van der Waals surface area contributed by atoms with E-state index in [1.165, 1.54) is 27.6 Å². The number of aromatic nitrogens is 3. The Bertz CT molecular complexity index is 2380. The predicted octanol–water partition coefficient (Wildman–Crippen LogP) is 10.7. The van der Waals surface area contributed by atoms with E-state index in [2.05, 4.69) is 92.7 Å². The molecule has 0 radical (unpaired) electrons. The van der Waals surface area contributed by atoms with Crippen LogP contribution in [-0.4, -0.2) is 15.0 Å². The Morgan fingerprint density at radius 3 is 1.76 bits per heavy atom. The van der Waals surface area contributed by atoms with E-state index in [1.54, 1.807) is 0 Å². The molecule has 0 saturated heterocycles. The zero-order valence-corrected chi connectivity index (χ0v) is 25.5. The molecule has 0 spiro atoms. The van der Waals surface area contributed by atoms with Gasteiger partial charge in [-0.2, -0.15) is 0 Å². The summed E-state index contributed by atoms with van der Waals surface area (Å²) < 4.78 is 6.71. The van der Waals surface area contributed by atoms with Gasteiger partial charge in [-0.1, -0.05) is 141 Å². The first-order valence-electron chi connectivity index (χ1n) is 15.6. The SMILES string of the molecule is CC1(C)c2ccccc2-c2ccc3oc4c(-c5cccc(-c6nc(-c7ccccc7)nc(-c7ccccc7)n6)c5)cccc4c3c21. The van der Waals surface area contributed by atoms with E-state index >= 15 is 0 Å². The number of hydrogen-bond acceptors (Lipinski definition) is 4. The van der Waals surface area contributed by atoms with Gasteiger partial charge in [-0.05, 0) is 39.9 Å². The third kappa shape index (κ3) is 4.04. The lowest BCUT2D eigenvalue weighted by molar-refractivity contribution is 0.657. The van der Waals surface area contributed by atoms with Crippen LogP contribution in [0.3, 0.4) is 0 Å². The number of furan rings is 1. The molecule has 0 saturated carbocycles. The van der Waals surface area contributed by atoms with Gasteiger partial charge in [0.05, 0.1) is 0 Å². The smallest absolute Gasteiger partial charge is 0.164 e. The molecule has 0 bridgehead atoms. The Hall–Kier alpha value is -5.87. The van der Waals surface area contributed by atoms with Crippen molar-refractivity contribution in [2.75, 3.05) is 0 Å². The van der Waals surface area contributed by atoms with E-state index in [9.17, 15) is 0 Å². The van der Waals surface area contributed by atoms with E-state index in [-0.39, 0.29) is 5.41 Å². The summed E-state index contributed by atoms with van der Waals surface area (Å²) in [6.45, 7) is 4.65. The van der Waals surface area contributed by atoms with Gasteiger partial charge in [-0.15, -0.1) is 0 Å². The van der Waals surface area contributed by atoms with Crippen molar-refractivity contribution in [1.82, 2.24) is 15.0 Å². The highest BCUT2D eigenvalue weighted by Crippen LogP contribution is 2.53. The molecule has 4 heteroatoms. The van der Waals surface area contributed by atoms with Crippen molar-refractivity contribution >= 4 is 21.9 Å². The lowest BCUT2D eigenvalue weighted by atomic mass is 9.80. The first-order chi connectivity index (χ1) is 22.6. The van der Waals surface area contributed by atoms with E-state index in [1.807, 2.05) is 60.7 Å². The zero-order chi connectivity index (χ0) is 30.8. The van der Waals surface area contributed by atoms with Crippen LogP contribution >= 0.6 is 0 Å². The van der Waals surface area contributed by atoms with Crippen molar-refractivity contribution in [3.8, 4) is 56.4 Å². The quantitative estimate of drug-likeness (QED) is 0.204. The van der Waals surface area contributed by atoms with Gasteiger partial charge in [0, 0.05) is 38.4 Å². The van der Waals surface area contributed by atoms with Gasteiger partial charge in [-0.3, -0.25) is 0 Å². The predicted molar refractivity (Wildman–Crippen MR) is 186 cm³/mol. The first kappa shape index (κ1) is 26.5. The normalized spacial score (nSPS) is 13.2. The summed E-state index contributed by atoms with van der Waals surface area (Å²) in [5.41, 5.74) is 11.9. The number of hydrogen-bond donors (Lipinski definition) is 0. The fraction of sp³-hybridized carbons (Fsp3) is 0.0714. The summed E-state index contributed by atoms with van der Waals surface area (Å²) in [6.07, 6.45) is 0. The average molecular weight is 592 g/mol. The topological polar surface area (TPSA) is 51.8 Å². The molecule has 9 rings (SSSR count). The van der Waals surface area contributed by atoms with Gasteiger partial charge in [0.1, 0.15) is 11.2 Å². The van der Waals surface area contributed by atoms with Crippen molar-refractivity contribution in [3.63, 3.8) is 0 Å². The highest BCUT2D eigenvalue weighted by molar-refractivity contribution is 6.14. The Kier molecular flexibility index (Phi) is 5.81. The highest BCUT2D eigenvalue weighted by atomic mass is 16.3. The summed E-state index contributed by atoms with van der Waals surface area (Å²) in [4.78, 5) is 14.8. The van der Waals surface area contributed by atoms with Gasteiger partial charge in [0.25, 0.3) is 0 Å². The van der Waals surface area contributed by atoms with Crippen LogP contribution in [0.4, 0.5) is 0 Å². The van der Waals surface area contributed by atoms with Gasteiger partial charge in [0.2, 0.25) is 0 Å². The van der Waals surface area contributed by atoms with Crippen molar-refractivity contribution in [2.24, 2.45) is 0 Å². The molecule has 0 amide bonds. The first-order valence-corrected chi connectivity index (χ1v) is 15.6. The molecule has 4 nitrogen and oxygen atoms in total. The molecular weight excluding hydrogens is 562 g/mol.